The normalized spacial score (nSPS) is 13.3. The van der Waals surface area contributed by atoms with Gasteiger partial charge in [0.1, 0.15) is 12.2 Å². The largest absolute Gasteiger partial charge is 0.454 e. The van der Waals surface area contributed by atoms with Gasteiger partial charge in [-0.05, 0) is 23.3 Å². The van der Waals surface area contributed by atoms with Crippen molar-refractivity contribution in [3.8, 4) is 11.5 Å². The molecular formula is C21H22N4O3. The van der Waals surface area contributed by atoms with Crippen LogP contribution >= 0.6 is 0 Å². The third-order valence-electron chi connectivity index (χ3n) is 4.87. The lowest BCUT2D eigenvalue weighted by Crippen LogP contribution is -2.28. The van der Waals surface area contributed by atoms with E-state index in [2.05, 4.69) is 15.4 Å². The lowest BCUT2D eigenvalue weighted by atomic mass is 9.88. The van der Waals surface area contributed by atoms with Crippen LogP contribution in [0, 0.1) is 0 Å². The first kappa shape index (κ1) is 18.0. The molecule has 2 heterocycles. The topological polar surface area (TPSA) is 78.3 Å². The Balaban J connectivity index is 1.46. The Morgan fingerprint density at radius 2 is 1.96 bits per heavy atom. The van der Waals surface area contributed by atoms with Crippen LogP contribution in [0.3, 0.4) is 0 Å². The molecule has 0 saturated heterocycles. The molecule has 144 valence electrons. The first-order chi connectivity index (χ1) is 13.7. The summed E-state index contributed by atoms with van der Waals surface area (Å²) in [5.41, 5.74) is 2.11. The third-order valence-corrected chi connectivity index (χ3v) is 4.87. The molecule has 0 unspecified atom stereocenters. The zero-order chi connectivity index (χ0) is 19.3. The third kappa shape index (κ3) is 3.98. The van der Waals surface area contributed by atoms with Crippen LogP contribution in [0.5, 0.6) is 11.5 Å². The number of carbonyl (C=O) groups excluding carboxylic acids is 1. The van der Waals surface area contributed by atoms with Crippen molar-refractivity contribution in [3.05, 3.63) is 71.8 Å². The van der Waals surface area contributed by atoms with Crippen LogP contribution in [0.15, 0.2) is 54.9 Å². The Bertz CT molecular complexity index is 955. The highest BCUT2D eigenvalue weighted by atomic mass is 16.7. The van der Waals surface area contributed by atoms with Gasteiger partial charge in [0.2, 0.25) is 12.7 Å². The minimum Gasteiger partial charge on any atom is -0.454 e. The molecule has 1 aliphatic rings. The number of hydrogen-bond donors (Lipinski definition) is 1. The van der Waals surface area contributed by atoms with E-state index >= 15 is 0 Å². The van der Waals surface area contributed by atoms with Crippen molar-refractivity contribution in [1.29, 1.82) is 0 Å². The van der Waals surface area contributed by atoms with Gasteiger partial charge in [0, 0.05) is 32.4 Å². The number of benzene rings is 2. The second-order valence-corrected chi connectivity index (χ2v) is 6.68. The number of fused-ring (bicyclic) bond motifs is 1. The van der Waals surface area contributed by atoms with E-state index in [1.807, 2.05) is 55.6 Å². The van der Waals surface area contributed by atoms with Crippen molar-refractivity contribution in [2.24, 2.45) is 7.05 Å². The molecule has 0 spiro atoms. The van der Waals surface area contributed by atoms with Crippen molar-refractivity contribution in [2.75, 3.05) is 13.3 Å². The Morgan fingerprint density at radius 1 is 1.14 bits per heavy atom. The van der Waals surface area contributed by atoms with Crippen LogP contribution in [0.25, 0.3) is 0 Å². The summed E-state index contributed by atoms with van der Waals surface area (Å²) in [6, 6.07) is 15.9. The molecule has 1 atom stereocenters. The Morgan fingerprint density at radius 3 is 2.75 bits per heavy atom. The quantitative estimate of drug-likeness (QED) is 0.683. The molecule has 4 rings (SSSR count). The zero-order valence-electron chi connectivity index (χ0n) is 15.7. The van der Waals surface area contributed by atoms with Crippen LogP contribution in [-0.4, -0.2) is 34.0 Å². The minimum absolute atomic E-state index is 0.00584. The monoisotopic (exact) mass is 378 g/mol. The van der Waals surface area contributed by atoms with Crippen LogP contribution in [0.1, 0.15) is 29.3 Å². The molecule has 7 nitrogen and oxygen atoms in total. The lowest BCUT2D eigenvalue weighted by molar-refractivity contribution is -0.121. The lowest BCUT2D eigenvalue weighted by Gasteiger charge is -2.18. The van der Waals surface area contributed by atoms with Crippen LogP contribution < -0.4 is 14.8 Å². The van der Waals surface area contributed by atoms with E-state index < -0.39 is 0 Å². The van der Waals surface area contributed by atoms with Crippen molar-refractivity contribution >= 4 is 5.91 Å². The van der Waals surface area contributed by atoms with E-state index in [0.717, 1.165) is 28.5 Å². The summed E-state index contributed by atoms with van der Waals surface area (Å²) in [5.74, 6) is 2.24. The van der Waals surface area contributed by atoms with Gasteiger partial charge in [-0.3, -0.25) is 9.48 Å². The van der Waals surface area contributed by atoms with E-state index in [1.54, 1.807) is 4.68 Å². The zero-order valence-corrected chi connectivity index (χ0v) is 15.7. The summed E-state index contributed by atoms with van der Waals surface area (Å²) in [4.78, 5) is 16.8. The number of aromatic nitrogens is 3. The van der Waals surface area contributed by atoms with Crippen molar-refractivity contribution < 1.29 is 14.3 Å². The molecule has 1 aliphatic heterocycles. The molecule has 3 aromatic rings. The molecule has 0 saturated carbocycles. The van der Waals surface area contributed by atoms with E-state index in [4.69, 9.17) is 9.47 Å². The number of rotatable bonds is 7. The first-order valence-corrected chi connectivity index (χ1v) is 9.25. The number of hydrogen-bond acceptors (Lipinski definition) is 5. The average Bonchev–Trinajstić information content (AvgIpc) is 3.35. The van der Waals surface area contributed by atoms with E-state index in [-0.39, 0.29) is 18.6 Å². The molecule has 0 bridgehead atoms. The summed E-state index contributed by atoms with van der Waals surface area (Å²) in [6.07, 6.45) is 2.51. The summed E-state index contributed by atoms with van der Waals surface area (Å²) < 4.78 is 12.6. The minimum atomic E-state index is -0.0643. The smallest absolute Gasteiger partial charge is 0.231 e. The van der Waals surface area contributed by atoms with Gasteiger partial charge >= 0.3 is 0 Å². The fourth-order valence-corrected chi connectivity index (χ4v) is 3.36. The number of aryl methyl sites for hydroxylation is 1. The fraction of sp³-hybridized carbons (Fsp3) is 0.286. The van der Waals surface area contributed by atoms with Gasteiger partial charge in [0.15, 0.2) is 11.5 Å². The van der Waals surface area contributed by atoms with Gasteiger partial charge < -0.3 is 14.8 Å². The fourth-order valence-electron chi connectivity index (χ4n) is 3.36. The van der Waals surface area contributed by atoms with E-state index in [1.165, 1.54) is 6.33 Å². The van der Waals surface area contributed by atoms with Crippen LogP contribution in [0.2, 0.25) is 0 Å². The van der Waals surface area contributed by atoms with Crippen LogP contribution in [-0.2, 0) is 18.3 Å². The number of amides is 1. The number of ether oxygens (including phenoxy) is 2. The summed E-state index contributed by atoms with van der Waals surface area (Å²) in [6.45, 7) is 0.755. The molecule has 28 heavy (non-hydrogen) atoms. The number of nitrogens with zero attached hydrogens (tertiary/aromatic N) is 3. The average molecular weight is 378 g/mol. The molecule has 7 heteroatoms. The Hall–Kier alpha value is -3.35. The van der Waals surface area contributed by atoms with Crippen molar-refractivity contribution in [3.63, 3.8) is 0 Å². The van der Waals surface area contributed by atoms with Gasteiger partial charge in [-0.1, -0.05) is 36.4 Å². The van der Waals surface area contributed by atoms with E-state index in [9.17, 15) is 4.79 Å². The second-order valence-electron chi connectivity index (χ2n) is 6.68. The highest BCUT2D eigenvalue weighted by Gasteiger charge is 2.21. The molecule has 1 aromatic heterocycles. The molecular weight excluding hydrogens is 356 g/mol. The molecule has 0 radical (unpaired) electrons. The Labute approximate surface area is 163 Å². The standard InChI is InChI=1S/C21H22N4O3/c1-25-20(23-13-24-25)9-10-22-21(26)12-17(15-5-3-2-4-6-15)16-7-8-18-19(11-16)28-14-27-18/h2-8,11,13,17H,9-10,12,14H2,1H3,(H,22,26)/t17-/m0/s1. The van der Waals surface area contributed by atoms with Crippen molar-refractivity contribution in [1.82, 2.24) is 20.1 Å². The van der Waals surface area contributed by atoms with E-state index in [0.29, 0.717) is 19.4 Å². The first-order valence-electron chi connectivity index (χ1n) is 9.25. The van der Waals surface area contributed by atoms with Gasteiger partial charge in [-0.25, -0.2) is 4.98 Å². The Kier molecular flexibility index (Phi) is 5.23. The molecule has 0 aliphatic carbocycles. The second kappa shape index (κ2) is 8.12. The summed E-state index contributed by atoms with van der Waals surface area (Å²) >= 11 is 0. The van der Waals surface area contributed by atoms with Gasteiger partial charge in [-0.15, -0.1) is 0 Å². The molecule has 1 amide bonds. The highest BCUT2D eigenvalue weighted by Crippen LogP contribution is 2.37. The number of carbonyl (C=O) groups is 1. The summed E-state index contributed by atoms with van der Waals surface area (Å²) in [5, 5.41) is 7.04. The van der Waals surface area contributed by atoms with Crippen LogP contribution in [0.4, 0.5) is 0 Å². The number of nitrogens with one attached hydrogen (secondary N) is 1. The predicted octanol–water partition coefficient (Wildman–Crippen LogP) is 2.42. The van der Waals surface area contributed by atoms with Gasteiger partial charge in [-0.2, -0.15) is 5.10 Å². The maximum Gasteiger partial charge on any atom is 0.231 e. The highest BCUT2D eigenvalue weighted by molar-refractivity contribution is 5.77. The molecule has 2 aromatic carbocycles. The predicted molar refractivity (Wildman–Crippen MR) is 103 cm³/mol. The molecule has 0 fully saturated rings. The van der Waals surface area contributed by atoms with Gasteiger partial charge in [0.25, 0.3) is 0 Å². The molecule has 1 N–H and O–H groups in total. The maximum atomic E-state index is 12.6. The maximum absolute atomic E-state index is 12.6. The summed E-state index contributed by atoms with van der Waals surface area (Å²) in [7, 11) is 1.84. The van der Waals surface area contributed by atoms with Crippen molar-refractivity contribution in [2.45, 2.75) is 18.8 Å². The van der Waals surface area contributed by atoms with Gasteiger partial charge in [0.05, 0.1) is 0 Å². The SMILES string of the molecule is Cn1ncnc1CCNC(=O)C[C@@H](c1ccccc1)c1ccc2c(c1)OCO2.